The third-order valence-electron chi connectivity index (χ3n) is 3.46. The van der Waals surface area contributed by atoms with E-state index in [4.69, 9.17) is 5.73 Å². The molecule has 1 fully saturated rings. The van der Waals surface area contributed by atoms with Crippen LogP contribution in [0.3, 0.4) is 0 Å². The first-order valence-corrected chi connectivity index (χ1v) is 6.75. The molecule has 126 valence electrons. The van der Waals surface area contributed by atoms with E-state index in [1.807, 2.05) is 0 Å². The molecular formula is C14H18ClFN4O3. The van der Waals surface area contributed by atoms with Crippen molar-refractivity contribution in [2.24, 2.45) is 5.73 Å². The fourth-order valence-electron chi connectivity index (χ4n) is 2.23. The number of imide groups is 1. The maximum Gasteiger partial charge on any atom is 0.325 e. The minimum Gasteiger partial charge on any atom is -0.353 e. The number of nitrogens with zero attached hydrogens (tertiary/aromatic N) is 1. The predicted molar refractivity (Wildman–Crippen MR) is 83.3 cm³/mol. The minimum absolute atomic E-state index is 0. The van der Waals surface area contributed by atoms with E-state index in [0.29, 0.717) is 5.56 Å². The van der Waals surface area contributed by atoms with Crippen molar-refractivity contribution >= 4 is 30.3 Å². The van der Waals surface area contributed by atoms with Gasteiger partial charge in [0.2, 0.25) is 5.91 Å². The molecule has 0 aromatic heterocycles. The van der Waals surface area contributed by atoms with Crippen LogP contribution in [0.25, 0.3) is 0 Å². The number of carbonyl (C=O) groups is 3. The Morgan fingerprint density at radius 3 is 2.52 bits per heavy atom. The van der Waals surface area contributed by atoms with Crippen molar-refractivity contribution in [2.45, 2.75) is 12.5 Å². The Morgan fingerprint density at radius 2 is 1.96 bits per heavy atom. The van der Waals surface area contributed by atoms with Crippen LogP contribution >= 0.6 is 12.4 Å². The highest BCUT2D eigenvalue weighted by molar-refractivity contribution is 6.09. The average molecular weight is 345 g/mol. The standard InChI is InChI=1S/C14H17FN4O3.ClH/c1-14(9-2-4-10(15)5-3-9)12(21)19(13(22)18-14)8-11(20)17-7-6-16;/h2-5H,6-8,16H2,1H3,(H,17,20)(H,18,22);1H. The summed E-state index contributed by atoms with van der Waals surface area (Å²) in [4.78, 5) is 36.9. The van der Waals surface area contributed by atoms with Crippen LogP contribution in [-0.4, -0.2) is 42.4 Å². The molecule has 1 aromatic rings. The summed E-state index contributed by atoms with van der Waals surface area (Å²) in [7, 11) is 0. The second-order valence-electron chi connectivity index (χ2n) is 5.09. The molecule has 4 N–H and O–H groups in total. The molecule has 2 rings (SSSR count). The number of benzene rings is 1. The molecule has 7 nitrogen and oxygen atoms in total. The van der Waals surface area contributed by atoms with Crippen LogP contribution in [0.2, 0.25) is 0 Å². The second-order valence-corrected chi connectivity index (χ2v) is 5.09. The molecule has 1 unspecified atom stereocenters. The van der Waals surface area contributed by atoms with E-state index in [9.17, 15) is 18.8 Å². The van der Waals surface area contributed by atoms with Crippen molar-refractivity contribution in [1.82, 2.24) is 15.5 Å². The van der Waals surface area contributed by atoms with Gasteiger partial charge in [0.25, 0.3) is 5.91 Å². The Hall–Kier alpha value is -2.19. The molecule has 1 heterocycles. The lowest BCUT2D eigenvalue weighted by atomic mass is 9.92. The fourth-order valence-corrected chi connectivity index (χ4v) is 2.23. The summed E-state index contributed by atoms with van der Waals surface area (Å²) >= 11 is 0. The van der Waals surface area contributed by atoms with E-state index in [2.05, 4.69) is 10.6 Å². The molecule has 1 saturated heterocycles. The Labute approximate surface area is 138 Å². The minimum atomic E-state index is -1.32. The summed E-state index contributed by atoms with van der Waals surface area (Å²) in [5.41, 5.74) is 4.39. The number of amides is 4. The lowest BCUT2D eigenvalue weighted by molar-refractivity contribution is -0.134. The van der Waals surface area contributed by atoms with Gasteiger partial charge in [0, 0.05) is 13.1 Å². The van der Waals surface area contributed by atoms with Gasteiger partial charge in [-0.2, -0.15) is 0 Å². The molecule has 1 atom stereocenters. The fraction of sp³-hybridized carbons (Fsp3) is 0.357. The second kappa shape index (κ2) is 7.38. The summed E-state index contributed by atoms with van der Waals surface area (Å²) < 4.78 is 13.0. The van der Waals surface area contributed by atoms with E-state index < -0.39 is 29.2 Å². The average Bonchev–Trinajstić information content (AvgIpc) is 2.70. The zero-order chi connectivity index (χ0) is 16.3. The first kappa shape index (κ1) is 18.9. The van der Waals surface area contributed by atoms with Crippen LogP contribution in [0, 0.1) is 5.82 Å². The third kappa shape index (κ3) is 3.77. The van der Waals surface area contributed by atoms with Gasteiger partial charge in [-0.1, -0.05) is 12.1 Å². The number of hydrogen-bond donors (Lipinski definition) is 3. The van der Waals surface area contributed by atoms with Crippen molar-refractivity contribution in [3.05, 3.63) is 35.6 Å². The molecule has 0 radical (unpaired) electrons. The molecule has 1 aromatic carbocycles. The first-order valence-electron chi connectivity index (χ1n) is 6.75. The molecule has 9 heteroatoms. The predicted octanol–water partition coefficient (Wildman–Crippen LogP) is 0.0894. The molecule has 0 saturated carbocycles. The number of urea groups is 1. The number of nitrogens with one attached hydrogen (secondary N) is 2. The summed E-state index contributed by atoms with van der Waals surface area (Å²) in [6.45, 7) is 1.65. The van der Waals surface area contributed by atoms with E-state index >= 15 is 0 Å². The molecule has 0 aliphatic carbocycles. The Bertz CT molecular complexity index is 611. The maximum atomic E-state index is 13.0. The molecule has 23 heavy (non-hydrogen) atoms. The highest BCUT2D eigenvalue weighted by atomic mass is 35.5. The largest absolute Gasteiger partial charge is 0.353 e. The lowest BCUT2D eigenvalue weighted by Gasteiger charge is -2.22. The van der Waals surface area contributed by atoms with Crippen molar-refractivity contribution < 1.29 is 18.8 Å². The molecule has 1 aliphatic heterocycles. The Balaban J connectivity index is 0.00000264. The van der Waals surface area contributed by atoms with Gasteiger partial charge in [0.15, 0.2) is 0 Å². The number of hydrogen-bond acceptors (Lipinski definition) is 4. The zero-order valence-corrected chi connectivity index (χ0v) is 13.3. The number of nitrogens with two attached hydrogens (primary N) is 1. The van der Waals surface area contributed by atoms with Crippen LogP contribution in [-0.2, 0) is 15.1 Å². The van der Waals surface area contributed by atoms with Crippen LogP contribution in [0.15, 0.2) is 24.3 Å². The number of carbonyl (C=O) groups excluding carboxylic acids is 3. The maximum absolute atomic E-state index is 13.0. The summed E-state index contributed by atoms with van der Waals surface area (Å²) in [5.74, 6) is -1.48. The summed E-state index contributed by atoms with van der Waals surface area (Å²) in [6, 6.07) is 4.59. The van der Waals surface area contributed by atoms with Gasteiger partial charge in [0.05, 0.1) is 0 Å². The van der Waals surface area contributed by atoms with E-state index in [0.717, 1.165) is 4.90 Å². The Kier molecular flexibility index (Phi) is 6.05. The SMILES string of the molecule is CC1(c2ccc(F)cc2)NC(=O)N(CC(=O)NCCN)C1=O.Cl. The van der Waals surface area contributed by atoms with Crippen LogP contribution < -0.4 is 16.4 Å². The molecule has 0 bridgehead atoms. The van der Waals surface area contributed by atoms with Crippen molar-refractivity contribution in [2.75, 3.05) is 19.6 Å². The van der Waals surface area contributed by atoms with Crippen molar-refractivity contribution in [3.63, 3.8) is 0 Å². The zero-order valence-electron chi connectivity index (χ0n) is 12.5. The van der Waals surface area contributed by atoms with Gasteiger partial charge in [-0.25, -0.2) is 9.18 Å². The quantitative estimate of drug-likeness (QED) is 0.658. The van der Waals surface area contributed by atoms with Crippen LogP contribution in [0.5, 0.6) is 0 Å². The molecule has 0 spiro atoms. The smallest absolute Gasteiger partial charge is 0.325 e. The monoisotopic (exact) mass is 344 g/mol. The van der Waals surface area contributed by atoms with Crippen molar-refractivity contribution in [3.8, 4) is 0 Å². The molecule has 4 amide bonds. The van der Waals surface area contributed by atoms with E-state index in [-0.39, 0.29) is 32.0 Å². The molecule has 1 aliphatic rings. The first-order chi connectivity index (χ1) is 10.4. The lowest BCUT2D eigenvalue weighted by Crippen LogP contribution is -2.43. The van der Waals surface area contributed by atoms with Gasteiger partial charge < -0.3 is 16.4 Å². The van der Waals surface area contributed by atoms with Gasteiger partial charge in [-0.15, -0.1) is 12.4 Å². The Morgan fingerprint density at radius 1 is 1.35 bits per heavy atom. The molecular weight excluding hydrogens is 327 g/mol. The normalized spacial score (nSPS) is 20.0. The highest BCUT2D eigenvalue weighted by Gasteiger charge is 2.49. The van der Waals surface area contributed by atoms with Gasteiger partial charge >= 0.3 is 6.03 Å². The van der Waals surface area contributed by atoms with Gasteiger partial charge in [0.1, 0.15) is 17.9 Å². The summed E-state index contributed by atoms with van der Waals surface area (Å²) in [5, 5.41) is 5.03. The number of rotatable bonds is 5. The van der Waals surface area contributed by atoms with Gasteiger partial charge in [-0.3, -0.25) is 14.5 Å². The van der Waals surface area contributed by atoms with Gasteiger partial charge in [-0.05, 0) is 24.6 Å². The van der Waals surface area contributed by atoms with E-state index in [1.54, 1.807) is 0 Å². The third-order valence-corrected chi connectivity index (χ3v) is 3.46. The van der Waals surface area contributed by atoms with E-state index in [1.165, 1.54) is 31.2 Å². The highest BCUT2D eigenvalue weighted by Crippen LogP contribution is 2.28. The van der Waals surface area contributed by atoms with Crippen LogP contribution in [0.4, 0.5) is 9.18 Å². The van der Waals surface area contributed by atoms with Crippen LogP contribution in [0.1, 0.15) is 12.5 Å². The topological polar surface area (TPSA) is 105 Å². The number of halogens is 2. The van der Waals surface area contributed by atoms with Crippen molar-refractivity contribution in [1.29, 1.82) is 0 Å². The summed E-state index contributed by atoms with van der Waals surface area (Å²) in [6.07, 6.45) is 0.